The van der Waals surface area contributed by atoms with Crippen molar-refractivity contribution in [2.45, 2.75) is 30.7 Å². The number of carbonyl (C=O) groups excluding carboxylic acids is 2. The summed E-state index contributed by atoms with van der Waals surface area (Å²) in [5, 5.41) is 20.4. The van der Waals surface area contributed by atoms with Crippen molar-refractivity contribution in [2.24, 2.45) is 0 Å². The molecule has 3 aliphatic rings. The van der Waals surface area contributed by atoms with E-state index in [4.69, 9.17) is 5.11 Å². The zero-order valence-corrected chi connectivity index (χ0v) is 13.9. The van der Waals surface area contributed by atoms with Crippen LogP contribution in [-0.4, -0.2) is 56.0 Å². The van der Waals surface area contributed by atoms with Gasteiger partial charge in [0.2, 0.25) is 5.91 Å². The van der Waals surface area contributed by atoms with Crippen LogP contribution < -0.4 is 5.32 Å². The number of nitrogens with one attached hydrogen (secondary N) is 1. The average molecular weight is 364 g/mol. The van der Waals surface area contributed by atoms with Gasteiger partial charge in [-0.05, 0) is 12.8 Å². The molecule has 1 saturated heterocycles. The Hall–Kier alpha value is -2.55. The predicted molar refractivity (Wildman–Crippen MR) is 88.4 cm³/mol. The van der Waals surface area contributed by atoms with Gasteiger partial charge in [0.05, 0.1) is 5.57 Å². The van der Waals surface area contributed by atoms with Crippen LogP contribution in [0, 0.1) is 0 Å². The summed E-state index contributed by atoms with van der Waals surface area (Å²) in [6.45, 7) is 0. The van der Waals surface area contributed by atoms with E-state index in [-0.39, 0.29) is 23.7 Å². The standard InChI is InChI=1S/C16H16N2O6S/c19-10(6-8-4-2-1-3-5-8)17-11-13(20)18-12(16(23)24)9(15(21)22)7-25-14(11)18/h1-2,5,11,14H,3-4,6-7H2,(H,17,19)(H,21,22)(H,23,24)/t11?,14-/m0/s1. The molecule has 0 aromatic rings. The summed E-state index contributed by atoms with van der Waals surface area (Å²) in [5.74, 6) is -3.75. The Morgan fingerprint density at radius 2 is 2.00 bits per heavy atom. The first kappa shape index (κ1) is 17.3. The molecule has 0 aromatic carbocycles. The van der Waals surface area contributed by atoms with Crippen molar-refractivity contribution in [2.75, 3.05) is 5.75 Å². The summed E-state index contributed by atoms with van der Waals surface area (Å²) in [5.41, 5.74) is 0.150. The maximum Gasteiger partial charge on any atom is 0.353 e. The molecule has 2 aliphatic heterocycles. The molecule has 1 unspecified atom stereocenters. The molecule has 9 heteroatoms. The minimum absolute atomic E-state index is 0.0340. The molecule has 25 heavy (non-hydrogen) atoms. The van der Waals surface area contributed by atoms with Crippen molar-refractivity contribution in [3.05, 3.63) is 35.1 Å². The zero-order chi connectivity index (χ0) is 18.1. The van der Waals surface area contributed by atoms with E-state index in [1.807, 2.05) is 18.2 Å². The molecule has 0 bridgehead atoms. The van der Waals surface area contributed by atoms with Crippen LogP contribution in [0.25, 0.3) is 0 Å². The van der Waals surface area contributed by atoms with Crippen LogP contribution >= 0.6 is 11.8 Å². The number of hydrogen-bond donors (Lipinski definition) is 3. The number of β-lactam (4-membered cyclic amide) rings is 1. The molecule has 132 valence electrons. The predicted octanol–water partition coefficient (Wildman–Crippen LogP) is 0.476. The number of carboxylic acid groups (broad SMARTS) is 2. The van der Waals surface area contributed by atoms with Crippen LogP contribution in [0.15, 0.2) is 35.1 Å². The summed E-state index contributed by atoms with van der Waals surface area (Å²) in [7, 11) is 0. The molecule has 8 nitrogen and oxygen atoms in total. The van der Waals surface area contributed by atoms with Crippen LogP contribution in [0.1, 0.15) is 19.3 Å². The molecule has 0 radical (unpaired) electrons. The number of nitrogens with zero attached hydrogens (tertiary/aromatic N) is 1. The summed E-state index contributed by atoms with van der Waals surface area (Å²) in [6.07, 6.45) is 7.62. The van der Waals surface area contributed by atoms with Gasteiger partial charge >= 0.3 is 11.9 Å². The van der Waals surface area contributed by atoms with Gasteiger partial charge in [-0.3, -0.25) is 14.5 Å². The summed E-state index contributed by atoms with van der Waals surface area (Å²) >= 11 is 1.13. The normalized spacial score (nSPS) is 25.0. The quantitative estimate of drug-likeness (QED) is 0.479. The number of fused-ring (bicyclic) bond motifs is 1. The minimum atomic E-state index is -1.46. The van der Waals surface area contributed by atoms with Gasteiger partial charge in [0.15, 0.2) is 0 Å². The highest BCUT2D eigenvalue weighted by molar-refractivity contribution is 8.00. The van der Waals surface area contributed by atoms with Crippen molar-refractivity contribution in [1.82, 2.24) is 10.2 Å². The van der Waals surface area contributed by atoms with Gasteiger partial charge in [0.1, 0.15) is 17.1 Å². The van der Waals surface area contributed by atoms with Crippen molar-refractivity contribution >= 4 is 35.5 Å². The highest BCUT2D eigenvalue weighted by Gasteiger charge is 2.54. The molecule has 2 atom stereocenters. The lowest BCUT2D eigenvalue weighted by atomic mass is 10.0. The topological polar surface area (TPSA) is 124 Å². The van der Waals surface area contributed by atoms with Gasteiger partial charge in [0.25, 0.3) is 5.91 Å². The monoisotopic (exact) mass is 364 g/mol. The highest BCUT2D eigenvalue weighted by Crippen LogP contribution is 2.40. The van der Waals surface area contributed by atoms with Crippen molar-refractivity contribution in [3.63, 3.8) is 0 Å². The Bertz CT molecular complexity index is 754. The first-order valence-corrected chi connectivity index (χ1v) is 8.71. The van der Waals surface area contributed by atoms with E-state index in [1.54, 1.807) is 0 Å². The minimum Gasteiger partial charge on any atom is -0.478 e. The van der Waals surface area contributed by atoms with Crippen LogP contribution in [0.5, 0.6) is 0 Å². The maximum absolute atomic E-state index is 12.3. The number of allylic oxidation sites excluding steroid dienone is 3. The smallest absolute Gasteiger partial charge is 0.353 e. The second-order valence-corrected chi connectivity index (χ2v) is 6.95. The van der Waals surface area contributed by atoms with E-state index in [1.165, 1.54) is 0 Å². The Morgan fingerprint density at radius 1 is 1.24 bits per heavy atom. The third-order valence-electron chi connectivity index (χ3n) is 4.22. The van der Waals surface area contributed by atoms with Crippen molar-refractivity contribution in [1.29, 1.82) is 0 Å². The molecule has 1 fully saturated rings. The molecule has 3 N–H and O–H groups in total. The molecule has 2 heterocycles. The van der Waals surface area contributed by atoms with Crippen LogP contribution in [0.2, 0.25) is 0 Å². The number of hydrogen-bond acceptors (Lipinski definition) is 5. The molecular formula is C16H16N2O6S. The molecular weight excluding hydrogens is 348 g/mol. The third-order valence-corrected chi connectivity index (χ3v) is 5.50. The second-order valence-electron chi connectivity index (χ2n) is 5.84. The van der Waals surface area contributed by atoms with E-state index in [9.17, 15) is 24.3 Å². The fourth-order valence-corrected chi connectivity index (χ4v) is 4.34. The van der Waals surface area contributed by atoms with E-state index < -0.39 is 35.0 Å². The molecule has 3 rings (SSSR count). The Labute approximate surface area is 147 Å². The average Bonchev–Trinajstić information content (AvgIpc) is 2.58. The maximum atomic E-state index is 12.3. The van der Waals surface area contributed by atoms with Crippen LogP contribution in [0.3, 0.4) is 0 Å². The van der Waals surface area contributed by atoms with Crippen molar-refractivity contribution < 1.29 is 29.4 Å². The first-order chi connectivity index (χ1) is 11.9. The molecule has 0 spiro atoms. The van der Waals surface area contributed by atoms with Gasteiger partial charge in [-0.1, -0.05) is 23.8 Å². The second kappa shape index (κ2) is 6.75. The molecule has 0 aromatic heterocycles. The number of aliphatic carboxylic acids is 2. The fourth-order valence-electron chi connectivity index (χ4n) is 3.01. The van der Waals surface area contributed by atoms with E-state index in [2.05, 4.69) is 5.32 Å². The molecule has 2 amide bonds. The summed E-state index contributed by atoms with van der Waals surface area (Å²) < 4.78 is 0. The number of thioether (sulfide) groups is 1. The van der Waals surface area contributed by atoms with Crippen LogP contribution in [-0.2, 0) is 19.2 Å². The fraction of sp³-hybridized carbons (Fsp3) is 0.375. The highest BCUT2D eigenvalue weighted by atomic mass is 32.2. The third kappa shape index (κ3) is 3.19. The summed E-state index contributed by atoms with van der Waals surface area (Å²) in [6, 6.07) is -0.832. The van der Waals surface area contributed by atoms with Gasteiger partial charge < -0.3 is 15.5 Å². The van der Waals surface area contributed by atoms with E-state index >= 15 is 0 Å². The van der Waals surface area contributed by atoms with Crippen molar-refractivity contribution in [3.8, 4) is 0 Å². The lowest BCUT2D eigenvalue weighted by Gasteiger charge is -2.49. The van der Waals surface area contributed by atoms with Gasteiger partial charge in [-0.2, -0.15) is 0 Å². The Morgan fingerprint density at radius 3 is 2.60 bits per heavy atom. The van der Waals surface area contributed by atoms with Crippen LogP contribution in [0.4, 0.5) is 0 Å². The summed E-state index contributed by atoms with van der Waals surface area (Å²) in [4.78, 5) is 47.9. The van der Waals surface area contributed by atoms with Gasteiger partial charge in [-0.15, -0.1) is 11.8 Å². The largest absolute Gasteiger partial charge is 0.478 e. The molecule has 1 aliphatic carbocycles. The zero-order valence-electron chi connectivity index (χ0n) is 13.1. The SMILES string of the molecule is O=C(CC1=CCC=CC1)NC1C(=O)N2C(C(=O)O)=C(C(=O)O)CS[C@@H]12. The lowest BCUT2D eigenvalue weighted by molar-refractivity contribution is -0.151. The van der Waals surface area contributed by atoms with E-state index in [0.717, 1.165) is 28.7 Å². The van der Waals surface area contributed by atoms with Gasteiger partial charge in [-0.25, -0.2) is 9.59 Å². The number of rotatable bonds is 5. The first-order valence-electron chi connectivity index (χ1n) is 7.67. The van der Waals surface area contributed by atoms with Gasteiger partial charge in [0, 0.05) is 12.2 Å². The van der Waals surface area contributed by atoms with E-state index in [0.29, 0.717) is 6.42 Å². The number of carboxylic acids is 2. The number of carbonyl (C=O) groups is 4. The number of amides is 2. The Kier molecular flexibility index (Phi) is 4.67. The Balaban J connectivity index is 1.69. The molecule has 0 saturated carbocycles. The lowest BCUT2D eigenvalue weighted by Crippen LogP contribution is -2.70.